The lowest BCUT2D eigenvalue weighted by molar-refractivity contribution is 0.102. The molecule has 0 radical (unpaired) electrons. The summed E-state index contributed by atoms with van der Waals surface area (Å²) in [6.45, 7) is 3.73. The highest BCUT2D eigenvalue weighted by Crippen LogP contribution is 2.21. The lowest BCUT2D eigenvalue weighted by Crippen LogP contribution is -2.12. The molecule has 2 N–H and O–H groups in total. The van der Waals surface area contributed by atoms with E-state index in [9.17, 15) is 4.79 Å². The fourth-order valence-corrected chi connectivity index (χ4v) is 2.61. The van der Waals surface area contributed by atoms with E-state index in [2.05, 4.69) is 26.6 Å². The second-order valence-corrected chi connectivity index (χ2v) is 5.86. The van der Waals surface area contributed by atoms with Gasteiger partial charge in [-0.05, 0) is 53.9 Å². The molecular weight excluding hydrogens is 316 g/mol. The summed E-state index contributed by atoms with van der Waals surface area (Å²) < 4.78 is 1.04. The summed E-state index contributed by atoms with van der Waals surface area (Å²) in [5, 5.41) is 6.22. The minimum atomic E-state index is -0.0681. The molecule has 2 aromatic rings. The maximum atomic E-state index is 12.3. The Morgan fingerprint density at radius 2 is 1.95 bits per heavy atom. The first kappa shape index (κ1) is 13.3. The number of fused-ring (bicyclic) bond motifs is 1. The van der Waals surface area contributed by atoms with Crippen LogP contribution in [0.5, 0.6) is 0 Å². The average Bonchev–Trinajstić information content (AvgIpc) is 2.90. The molecule has 0 saturated carbocycles. The zero-order valence-electron chi connectivity index (χ0n) is 11.2. The van der Waals surface area contributed by atoms with Gasteiger partial charge in [0.15, 0.2) is 0 Å². The van der Waals surface area contributed by atoms with Crippen LogP contribution in [0.1, 0.15) is 27.0 Å². The summed E-state index contributed by atoms with van der Waals surface area (Å²) in [5.74, 6) is -0.0681. The van der Waals surface area contributed by atoms with Crippen LogP contribution in [0, 0.1) is 6.92 Å². The van der Waals surface area contributed by atoms with E-state index < -0.39 is 0 Å². The van der Waals surface area contributed by atoms with E-state index in [1.807, 2.05) is 43.3 Å². The summed E-state index contributed by atoms with van der Waals surface area (Å²) in [6, 6.07) is 11.7. The molecule has 1 heterocycles. The number of benzene rings is 2. The van der Waals surface area contributed by atoms with Gasteiger partial charge in [0, 0.05) is 28.8 Å². The lowest BCUT2D eigenvalue weighted by atomic mass is 10.1. The highest BCUT2D eigenvalue weighted by molar-refractivity contribution is 9.10. The van der Waals surface area contributed by atoms with Gasteiger partial charge in [-0.3, -0.25) is 4.79 Å². The van der Waals surface area contributed by atoms with Gasteiger partial charge < -0.3 is 10.6 Å². The second-order valence-electron chi connectivity index (χ2n) is 5.01. The summed E-state index contributed by atoms with van der Waals surface area (Å²) in [5.41, 5.74) is 5.11. The summed E-state index contributed by atoms with van der Waals surface area (Å²) >= 11 is 3.45. The maximum absolute atomic E-state index is 12.3. The molecule has 0 fully saturated rings. The SMILES string of the molecule is Cc1cc(NC(=O)c2ccc3c(c2)CNC3)ccc1Br. The Labute approximate surface area is 126 Å². The summed E-state index contributed by atoms with van der Waals surface area (Å²) in [4.78, 5) is 12.3. The van der Waals surface area contributed by atoms with Crippen molar-refractivity contribution in [1.82, 2.24) is 5.32 Å². The summed E-state index contributed by atoms with van der Waals surface area (Å²) in [7, 11) is 0. The first-order chi connectivity index (χ1) is 9.63. The van der Waals surface area contributed by atoms with Gasteiger partial charge in [-0.1, -0.05) is 22.0 Å². The number of nitrogens with one attached hydrogen (secondary N) is 2. The van der Waals surface area contributed by atoms with Crippen LogP contribution < -0.4 is 10.6 Å². The number of rotatable bonds is 2. The Morgan fingerprint density at radius 1 is 1.15 bits per heavy atom. The van der Waals surface area contributed by atoms with E-state index in [1.54, 1.807) is 0 Å². The molecule has 1 amide bonds. The molecular formula is C16H15BrN2O. The van der Waals surface area contributed by atoms with Crippen LogP contribution in [0.2, 0.25) is 0 Å². The van der Waals surface area contributed by atoms with Gasteiger partial charge >= 0.3 is 0 Å². The molecule has 2 aromatic carbocycles. The molecule has 0 bridgehead atoms. The van der Waals surface area contributed by atoms with Crippen molar-refractivity contribution in [3.8, 4) is 0 Å². The van der Waals surface area contributed by atoms with E-state index in [4.69, 9.17) is 0 Å². The van der Waals surface area contributed by atoms with Crippen LogP contribution in [0.15, 0.2) is 40.9 Å². The number of hydrogen-bond donors (Lipinski definition) is 2. The van der Waals surface area contributed by atoms with Crippen LogP contribution in [-0.4, -0.2) is 5.91 Å². The number of carbonyl (C=O) groups excluding carboxylic acids is 1. The third-order valence-corrected chi connectivity index (χ3v) is 4.40. The van der Waals surface area contributed by atoms with Crippen LogP contribution in [0.3, 0.4) is 0 Å². The number of hydrogen-bond acceptors (Lipinski definition) is 2. The van der Waals surface area contributed by atoms with Gasteiger partial charge in [0.2, 0.25) is 0 Å². The van der Waals surface area contributed by atoms with Gasteiger partial charge in [0.25, 0.3) is 5.91 Å². The smallest absolute Gasteiger partial charge is 0.255 e. The molecule has 0 spiro atoms. The zero-order chi connectivity index (χ0) is 14.1. The molecule has 1 aliphatic heterocycles. The van der Waals surface area contributed by atoms with E-state index in [0.717, 1.165) is 28.8 Å². The van der Waals surface area contributed by atoms with Gasteiger partial charge in [0.05, 0.1) is 0 Å². The maximum Gasteiger partial charge on any atom is 0.255 e. The van der Waals surface area contributed by atoms with Crippen molar-refractivity contribution in [2.75, 3.05) is 5.32 Å². The third-order valence-electron chi connectivity index (χ3n) is 3.52. The van der Waals surface area contributed by atoms with Gasteiger partial charge in [-0.2, -0.15) is 0 Å². The fourth-order valence-electron chi connectivity index (χ4n) is 2.36. The topological polar surface area (TPSA) is 41.1 Å². The van der Waals surface area contributed by atoms with Crippen molar-refractivity contribution in [2.24, 2.45) is 0 Å². The lowest BCUT2D eigenvalue weighted by Gasteiger charge is -2.08. The first-order valence-electron chi connectivity index (χ1n) is 6.53. The summed E-state index contributed by atoms with van der Waals surface area (Å²) in [6.07, 6.45) is 0. The standard InChI is InChI=1S/C16H15BrN2O/c1-10-6-14(4-5-15(10)17)19-16(20)11-2-3-12-8-18-9-13(12)7-11/h2-7,18H,8-9H2,1H3,(H,19,20). The molecule has 1 aliphatic rings. The molecule has 0 aliphatic carbocycles. The van der Waals surface area contributed by atoms with Crippen LogP contribution in [0.25, 0.3) is 0 Å². The Morgan fingerprint density at radius 3 is 2.75 bits per heavy atom. The largest absolute Gasteiger partial charge is 0.322 e. The Bertz CT molecular complexity index is 682. The van der Waals surface area contributed by atoms with Gasteiger partial charge in [-0.25, -0.2) is 0 Å². The molecule has 4 heteroatoms. The van der Waals surface area contributed by atoms with E-state index in [1.165, 1.54) is 11.1 Å². The predicted octanol–water partition coefficient (Wildman–Crippen LogP) is 3.61. The van der Waals surface area contributed by atoms with E-state index >= 15 is 0 Å². The monoisotopic (exact) mass is 330 g/mol. The normalized spacial score (nSPS) is 13.1. The van der Waals surface area contributed by atoms with Gasteiger partial charge in [0.1, 0.15) is 0 Å². The van der Waals surface area contributed by atoms with Crippen LogP contribution in [-0.2, 0) is 13.1 Å². The quantitative estimate of drug-likeness (QED) is 0.883. The van der Waals surface area contributed by atoms with Crippen molar-refractivity contribution >= 4 is 27.5 Å². The van der Waals surface area contributed by atoms with E-state index in [-0.39, 0.29) is 5.91 Å². The fraction of sp³-hybridized carbons (Fsp3) is 0.188. The molecule has 0 unspecified atom stereocenters. The highest BCUT2D eigenvalue weighted by Gasteiger charge is 2.13. The molecule has 3 rings (SSSR count). The zero-order valence-corrected chi connectivity index (χ0v) is 12.8. The second kappa shape index (κ2) is 5.38. The number of aryl methyl sites for hydroxylation is 1. The molecule has 0 saturated heterocycles. The molecule has 3 nitrogen and oxygen atoms in total. The molecule has 102 valence electrons. The predicted molar refractivity (Wildman–Crippen MR) is 83.8 cm³/mol. The Kier molecular flexibility index (Phi) is 3.59. The van der Waals surface area contributed by atoms with Crippen LogP contribution in [0.4, 0.5) is 5.69 Å². The number of amides is 1. The van der Waals surface area contributed by atoms with Crippen molar-refractivity contribution in [3.63, 3.8) is 0 Å². The Balaban J connectivity index is 1.80. The van der Waals surface area contributed by atoms with Crippen molar-refractivity contribution in [1.29, 1.82) is 0 Å². The average molecular weight is 331 g/mol. The molecule has 0 atom stereocenters. The van der Waals surface area contributed by atoms with E-state index in [0.29, 0.717) is 5.56 Å². The number of carbonyl (C=O) groups is 1. The van der Waals surface area contributed by atoms with Crippen molar-refractivity contribution in [3.05, 3.63) is 63.1 Å². The minimum absolute atomic E-state index is 0.0681. The number of halogens is 1. The van der Waals surface area contributed by atoms with Crippen molar-refractivity contribution in [2.45, 2.75) is 20.0 Å². The minimum Gasteiger partial charge on any atom is -0.322 e. The number of anilines is 1. The Hall–Kier alpha value is -1.65. The van der Waals surface area contributed by atoms with Crippen molar-refractivity contribution < 1.29 is 4.79 Å². The van der Waals surface area contributed by atoms with Crippen LogP contribution >= 0.6 is 15.9 Å². The highest BCUT2D eigenvalue weighted by atomic mass is 79.9. The first-order valence-corrected chi connectivity index (χ1v) is 7.33. The molecule has 0 aromatic heterocycles. The van der Waals surface area contributed by atoms with Gasteiger partial charge in [-0.15, -0.1) is 0 Å². The molecule has 20 heavy (non-hydrogen) atoms. The third kappa shape index (κ3) is 2.62.